The maximum absolute atomic E-state index is 12.1. The van der Waals surface area contributed by atoms with Crippen LogP contribution in [0.5, 0.6) is 5.75 Å². The molecule has 0 bridgehead atoms. The molecule has 3 N–H and O–H groups in total. The molecule has 0 saturated carbocycles. The molecule has 0 radical (unpaired) electrons. The summed E-state index contributed by atoms with van der Waals surface area (Å²) in [5.41, 5.74) is 6.12. The number of phenolic OH excluding ortho intramolecular Hbond substituents is 1. The van der Waals surface area contributed by atoms with Gasteiger partial charge in [0.1, 0.15) is 5.75 Å². The molecule has 1 aliphatic heterocycles. The lowest BCUT2D eigenvalue weighted by atomic mass is 10.2. The standard InChI is InChI=1S/C13H13BrN2O3S/c14-9-6-8(2-3-10(9)17)7-11-12(18)16(5-1-4-15)13(19)20-11/h2-3,6-7,17H,1,4-5,15H2/b11-7-. The molecular formula is C13H13BrN2O3S. The van der Waals surface area contributed by atoms with Crippen molar-refractivity contribution >= 4 is 44.9 Å². The first-order valence-corrected chi connectivity index (χ1v) is 7.58. The highest BCUT2D eigenvalue weighted by Crippen LogP contribution is 2.33. The molecule has 2 amide bonds. The SMILES string of the molecule is NCCCN1C(=O)S/C(=C\c2ccc(O)c(Br)c2)C1=O. The number of phenols is 1. The van der Waals surface area contributed by atoms with E-state index in [2.05, 4.69) is 15.9 Å². The second-order valence-corrected chi connectivity index (χ2v) is 6.03. The zero-order valence-electron chi connectivity index (χ0n) is 10.5. The molecule has 5 nitrogen and oxygen atoms in total. The van der Waals surface area contributed by atoms with Gasteiger partial charge in [-0.25, -0.2) is 0 Å². The maximum atomic E-state index is 12.1. The molecule has 0 aliphatic carbocycles. The van der Waals surface area contributed by atoms with Crippen LogP contribution in [0.3, 0.4) is 0 Å². The number of carbonyl (C=O) groups excluding carboxylic acids is 2. The van der Waals surface area contributed by atoms with Crippen molar-refractivity contribution < 1.29 is 14.7 Å². The molecule has 7 heteroatoms. The summed E-state index contributed by atoms with van der Waals surface area (Å²) in [5.74, 6) is -0.171. The number of imide groups is 1. The van der Waals surface area contributed by atoms with Gasteiger partial charge in [-0.15, -0.1) is 0 Å². The summed E-state index contributed by atoms with van der Waals surface area (Å²) in [6.07, 6.45) is 2.23. The second-order valence-electron chi connectivity index (χ2n) is 4.19. The fourth-order valence-electron chi connectivity index (χ4n) is 1.71. The quantitative estimate of drug-likeness (QED) is 0.809. The van der Waals surface area contributed by atoms with Gasteiger partial charge in [0.2, 0.25) is 0 Å². The van der Waals surface area contributed by atoms with Crippen molar-refractivity contribution in [1.82, 2.24) is 4.90 Å². The molecule has 1 aromatic carbocycles. The largest absolute Gasteiger partial charge is 0.507 e. The number of nitrogens with two attached hydrogens (primary N) is 1. The van der Waals surface area contributed by atoms with Crippen LogP contribution in [-0.2, 0) is 4.79 Å². The smallest absolute Gasteiger partial charge is 0.293 e. The lowest BCUT2D eigenvalue weighted by molar-refractivity contribution is -0.122. The van der Waals surface area contributed by atoms with Crippen molar-refractivity contribution in [2.75, 3.05) is 13.1 Å². The van der Waals surface area contributed by atoms with E-state index in [1.807, 2.05) is 0 Å². The van der Waals surface area contributed by atoms with Gasteiger partial charge in [-0.3, -0.25) is 14.5 Å². The van der Waals surface area contributed by atoms with E-state index in [1.54, 1.807) is 18.2 Å². The van der Waals surface area contributed by atoms with Gasteiger partial charge in [-0.05, 0) is 64.4 Å². The van der Waals surface area contributed by atoms with Crippen molar-refractivity contribution in [2.45, 2.75) is 6.42 Å². The van der Waals surface area contributed by atoms with E-state index < -0.39 is 0 Å². The van der Waals surface area contributed by atoms with Crippen molar-refractivity contribution in [1.29, 1.82) is 0 Å². The third-order valence-electron chi connectivity index (χ3n) is 2.73. The highest BCUT2D eigenvalue weighted by Gasteiger charge is 2.34. The number of hydrogen-bond acceptors (Lipinski definition) is 5. The van der Waals surface area contributed by atoms with E-state index in [9.17, 15) is 14.7 Å². The Kier molecular flexibility index (Phi) is 4.85. The van der Waals surface area contributed by atoms with Crippen LogP contribution in [0, 0.1) is 0 Å². The molecule has 0 aromatic heterocycles. The summed E-state index contributed by atoms with van der Waals surface area (Å²) in [6, 6.07) is 4.88. The van der Waals surface area contributed by atoms with Gasteiger partial charge in [0.25, 0.3) is 11.1 Å². The third-order valence-corrected chi connectivity index (χ3v) is 4.27. The average molecular weight is 357 g/mol. The van der Waals surface area contributed by atoms with Crippen LogP contribution in [0.15, 0.2) is 27.6 Å². The zero-order valence-corrected chi connectivity index (χ0v) is 12.9. The number of benzene rings is 1. The second kappa shape index (κ2) is 6.43. The zero-order chi connectivity index (χ0) is 14.7. The number of halogens is 1. The normalized spacial score (nSPS) is 17.3. The van der Waals surface area contributed by atoms with E-state index in [4.69, 9.17) is 5.73 Å². The van der Waals surface area contributed by atoms with Crippen molar-refractivity contribution in [3.8, 4) is 5.75 Å². The fourth-order valence-corrected chi connectivity index (χ4v) is 2.97. The molecule has 0 atom stereocenters. The number of aromatic hydroxyl groups is 1. The lowest BCUT2D eigenvalue weighted by Gasteiger charge is -2.10. The molecule has 20 heavy (non-hydrogen) atoms. The van der Waals surface area contributed by atoms with Gasteiger partial charge in [-0.2, -0.15) is 0 Å². The summed E-state index contributed by atoms with van der Waals surface area (Å²) >= 11 is 4.12. The Labute approximate surface area is 128 Å². The first-order valence-electron chi connectivity index (χ1n) is 5.97. The molecule has 1 aliphatic rings. The molecule has 1 heterocycles. The highest BCUT2D eigenvalue weighted by molar-refractivity contribution is 9.10. The molecule has 1 fully saturated rings. The summed E-state index contributed by atoms with van der Waals surface area (Å²) in [6.45, 7) is 0.781. The average Bonchev–Trinajstić information content (AvgIpc) is 2.67. The molecule has 0 spiro atoms. The topological polar surface area (TPSA) is 83.6 Å². The predicted molar refractivity (Wildman–Crippen MR) is 82.2 cm³/mol. The number of amides is 2. The summed E-state index contributed by atoms with van der Waals surface area (Å²) in [7, 11) is 0. The Bertz CT molecular complexity index is 589. The summed E-state index contributed by atoms with van der Waals surface area (Å²) in [4.78, 5) is 25.4. The maximum Gasteiger partial charge on any atom is 0.293 e. The fraction of sp³-hybridized carbons (Fsp3) is 0.231. The minimum Gasteiger partial charge on any atom is -0.507 e. The number of rotatable bonds is 4. The summed E-state index contributed by atoms with van der Waals surface area (Å²) in [5, 5.41) is 9.15. The van der Waals surface area contributed by atoms with Crippen molar-refractivity contribution in [3.05, 3.63) is 33.1 Å². The van der Waals surface area contributed by atoms with Gasteiger partial charge < -0.3 is 10.8 Å². The van der Waals surface area contributed by atoms with Crippen LogP contribution in [0.2, 0.25) is 0 Å². The van der Waals surface area contributed by atoms with Crippen LogP contribution in [0.1, 0.15) is 12.0 Å². The molecule has 1 aromatic rings. The Morgan fingerprint density at radius 2 is 2.15 bits per heavy atom. The van der Waals surface area contributed by atoms with E-state index >= 15 is 0 Å². The molecule has 2 rings (SSSR count). The van der Waals surface area contributed by atoms with Crippen LogP contribution in [0.25, 0.3) is 6.08 Å². The molecular weight excluding hydrogens is 344 g/mol. The Hall–Kier alpha value is -1.31. The molecule has 1 saturated heterocycles. The van der Waals surface area contributed by atoms with Crippen LogP contribution in [-0.4, -0.2) is 34.2 Å². The Balaban J connectivity index is 2.20. The van der Waals surface area contributed by atoms with Crippen LogP contribution in [0.4, 0.5) is 4.79 Å². The highest BCUT2D eigenvalue weighted by atomic mass is 79.9. The van der Waals surface area contributed by atoms with Crippen LogP contribution < -0.4 is 5.73 Å². The van der Waals surface area contributed by atoms with Crippen LogP contribution >= 0.6 is 27.7 Å². The van der Waals surface area contributed by atoms with Gasteiger partial charge >= 0.3 is 0 Å². The third kappa shape index (κ3) is 3.23. The first kappa shape index (κ1) is 15.1. The number of nitrogens with zero attached hydrogens (tertiary/aromatic N) is 1. The lowest BCUT2D eigenvalue weighted by Crippen LogP contribution is -2.30. The minimum absolute atomic E-state index is 0.123. The van der Waals surface area contributed by atoms with Crippen molar-refractivity contribution in [2.24, 2.45) is 5.73 Å². The van der Waals surface area contributed by atoms with Gasteiger partial charge in [0.15, 0.2) is 0 Å². The van der Waals surface area contributed by atoms with Crippen molar-refractivity contribution in [3.63, 3.8) is 0 Å². The minimum atomic E-state index is -0.294. The van der Waals surface area contributed by atoms with Gasteiger partial charge in [0, 0.05) is 6.54 Å². The van der Waals surface area contributed by atoms with E-state index in [0.717, 1.165) is 17.3 Å². The predicted octanol–water partition coefficient (Wildman–Crippen LogP) is 2.54. The van der Waals surface area contributed by atoms with E-state index in [-0.39, 0.29) is 16.9 Å². The Morgan fingerprint density at radius 1 is 1.40 bits per heavy atom. The number of carbonyl (C=O) groups is 2. The van der Waals surface area contributed by atoms with E-state index in [0.29, 0.717) is 28.9 Å². The number of thioether (sulfide) groups is 1. The molecule has 0 unspecified atom stereocenters. The van der Waals surface area contributed by atoms with Gasteiger partial charge in [-0.1, -0.05) is 6.07 Å². The first-order chi connectivity index (χ1) is 9.52. The number of hydrogen-bond donors (Lipinski definition) is 2. The van der Waals surface area contributed by atoms with Gasteiger partial charge in [0.05, 0.1) is 9.38 Å². The van der Waals surface area contributed by atoms with E-state index in [1.165, 1.54) is 11.0 Å². The summed E-state index contributed by atoms with van der Waals surface area (Å²) < 4.78 is 0.536. The Morgan fingerprint density at radius 3 is 2.80 bits per heavy atom. The monoisotopic (exact) mass is 356 g/mol. The molecule has 106 valence electrons.